The van der Waals surface area contributed by atoms with Gasteiger partial charge in [0, 0.05) is 27.9 Å². The number of nitrogens with one attached hydrogen (secondary N) is 1. The zero-order valence-electron chi connectivity index (χ0n) is 14.2. The summed E-state index contributed by atoms with van der Waals surface area (Å²) in [5, 5.41) is 3.38. The van der Waals surface area contributed by atoms with Crippen LogP contribution in [0.2, 0.25) is 0 Å². The van der Waals surface area contributed by atoms with Gasteiger partial charge in [0.25, 0.3) is 5.97 Å². The fraction of sp³-hybridized carbons (Fsp3) is 1.00. The van der Waals surface area contributed by atoms with E-state index in [0.29, 0.717) is 0 Å². The molecule has 0 fully saturated rings. The molecule has 122 valence electrons. The molecule has 0 aromatic rings. The Morgan fingerprint density at radius 2 is 1.40 bits per heavy atom. The maximum Gasteiger partial charge on any atom is 0.286 e. The zero-order valence-corrected chi connectivity index (χ0v) is 14.2. The third-order valence-electron chi connectivity index (χ3n) is 3.90. The van der Waals surface area contributed by atoms with E-state index in [-0.39, 0.29) is 5.92 Å². The van der Waals surface area contributed by atoms with Crippen LogP contribution >= 0.6 is 0 Å². The van der Waals surface area contributed by atoms with Gasteiger partial charge in [0.05, 0.1) is 5.92 Å². The van der Waals surface area contributed by atoms with Crippen molar-refractivity contribution in [3.05, 3.63) is 0 Å². The van der Waals surface area contributed by atoms with Gasteiger partial charge in [-0.3, -0.25) is 0 Å². The topological polar surface area (TPSA) is 39.7 Å². The Labute approximate surface area is 125 Å². The van der Waals surface area contributed by atoms with Crippen molar-refractivity contribution in [2.75, 3.05) is 34.4 Å². The molecule has 0 radical (unpaired) electrons. The Morgan fingerprint density at radius 3 is 1.90 bits per heavy atom. The van der Waals surface area contributed by atoms with Gasteiger partial charge in [-0.1, -0.05) is 52.4 Å². The molecule has 4 heteroatoms. The minimum atomic E-state index is -0.925. The van der Waals surface area contributed by atoms with E-state index in [1.165, 1.54) is 38.5 Å². The largest absolute Gasteiger partial charge is 0.331 e. The molecule has 1 atom stereocenters. The highest BCUT2D eigenvalue weighted by atomic mass is 16.9. The molecule has 20 heavy (non-hydrogen) atoms. The Balaban J connectivity index is 4.25. The Kier molecular flexibility index (Phi) is 12.5. The van der Waals surface area contributed by atoms with Crippen molar-refractivity contribution in [2.45, 2.75) is 64.8 Å². The molecule has 0 bridgehead atoms. The van der Waals surface area contributed by atoms with Crippen LogP contribution in [0.15, 0.2) is 0 Å². The van der Waals surface area contributed by atoms with E-state index in [0.717, 1.165) is 19.5 Å². The summed E-state index contributed by atoms with van der Waals surface area (Å²) >= 11 is 0. The standard InChI is InChI=1S/C16H35NO3/c1-6-8-9-10-11-12-13-15(14-17-7-2)16(18-3,19-4)20-5/h15,17H,6-14H2,1-5H3. The highest BCUT2D eigenvalue weighted by molar-refractivity contribution is 4.73. The van der Waals surface area contributed by atoms with Gasteiger partial charge in [0.15, 0.2) is 0 Å². The summed E-state index contributed by atoms with van der Waals surface area (Å²) in [6.07, 6.45) is 8.82. The molecule has 4 nitrogen and oxygen atoms in total. The Bertz CT molecular complexity index is 200. The zero-order chi connectivity index (χ0) is 15.3. The van der Waals surface area contributed by atoms with E-state index in [4.69, 9.17) is 14.2 Å². The number of hydrogen-bond donors (Lipinski definition) is 1. The lowest BCUT2D eigenvalue weighted by Crippen LogP contribution is -2.48. The summed E-state index contributed by atoms with van der Waals surface area (Å²) in [5.74, 6) is -0.723. The summed E-state index contributed by atoms with van der Waals surface area (Å²) in [5.41, 5.74) is 0. The third kappa shape index (κ3) is 7.02. The van der Waals surface area contributed by atoms with Gasteiger partial charge in [-0.05, 0) is 13.0 Å². The first kappa shape index (κ1) is 19.8. The van der Waals surface area contributed by atoms with Crippen molar-refractivity contribution in [1.82, 2.24) is 5.32 Å². The molecule has 1 N–H and O–H groups in total. The summed E-state index contributed by atoms with van der Waals surface area (Å²) < 4.78 is 16.5. The minimum Gasteiger partial charge on any atom is -0.331 e. The fourth-order valence-corrected chi connectivity index (χ4v) is 2.64. The molecule has 0 saturated heterocycles. The number of unbranched alkanes of at least 4 members (excludes halogenated alkanes) is 5. The van der Waals surface area contributed by atoms with Gasteiger partial charge in [-0.25, -0.2) is 0 Å². The van der Waals surface area contributed by atoms with Gasteiger partial charge in [0.2, 0.25) is 0 Å². The van der Waals surface area contributed by atoms with Gasteiger partial charge < -0.3 is 19.5 Å². The van der Waals surface area contributed by atoms with Crippen LogP contribution in [0.4, 0.5) is 0 Å². The van der Waals surface area contributed by atoms with E-state index < -0.39 is 5.97 Å². The van der Waals surface area contributed by atoms with Crippen LogP contribution in [-0.4, -0.2) is 40.4 Å². The molecule has 0 aliphatic rings. The van der Waals surface area contributed by atoms with Gasteiger partial charge in [0.1, 0.15) is 0 Å². The van der Waals surface area contributed by atoms with Gasteiger partial charge in [-0.15, -0.1) is 0 Å². The monoisotopic (exact) mass is 289 g/mol. The van der Waals surface area contributed by atoms with Crippen LogP contribution in [0, 0.1) is 5.92 Å². The van der Waals surface area contributed by atoms with Crippen molar-refractivity contribution in [3.8, 4) is 0 Å². The molecular formula is C16H35NO3. The van der Waals surface area contributed by atoms with Crippen LogP contribution in [0.5, 0.6) is 0 Å². The maximum absolute atomic E-state index is 5.51. The molecule has 0 amide bonds. The van der Waals surface area contributed by atoms with Crippen molar-refractivity contribution >= 4 is 0 Å². The lowest BCUT2D eigenvalue weighted by Gasteiger charge is -2.36. The van der Waals surface area contributed by atoms with E-state index in [2.05, 4.69) is 19.2 Å². The molecule has 0 rings (SSSR count). The van der Waals surface area contributed by atoms with E-state index in [9.17, 15) is 0 Å². The third-order valence-corrected chi connectivity index (χ3v) is 3.90. The molecule has 0 aliphatic heterocycles. The Hall–Kier alpha value is -0.160. The van der Waals surface area contributed by atoms with Crippen molar-refractivity contribution in [2.24, 2.45) is 5.92 Å². The van der Waals surface area contributed by atoms with Crippen LogP contribution in [0.3, 0.4) is 0 Å². The van der Waals surface area contributed by atoms with Crippen LogP contribution in [-0.2, 0) is 14.2 Å². The normalized spacial score (nSPS) is 13.7. The first-order chi connectivity index (χ1) is 9.70. The van der Waals surface area contributed by atoms with Crippen molar-refractivity contribution in [1.29, 1.82) is 0 Å². The lowest BCUT2D eigenvalue weighted by atomic mass is 9.97. The average Bonchev–Trinajstić information content (AvgIpc) is 2.49. The smallest absolute Gasteiger partial charge is 0.286 e. The lowest BCUT2D eigenvalue weighted by molar-refractivity contribution is -0.378. The average molecular weight is 289 g/mol. The molecular weight excluding hydrogens is 254 g/mol. The SMILES string of the molecule is CCCCCCCCC(CNCC)C(OC)(OC)OC. The summed E-state index contributed by atoms with van der Waals surface area (Å²) in [7, 11) is 4.94. The van der Waals surface area contributed by atoms with Gasteiger partial charge in [-0.2, -0.15) is 0 Å². The molecule has 0 spiro atoms. The van der Waals surface area contributed by atoms with Crippen molar-refractivity contribution in [3.63, 3.8) is 0 Å². The van der Waals surface area contributed by atoms with Crippen LogP contribution < -0.4 is 5.32 Å². The maximum atomic E-state index is 5.51. The first-order valence-corrected chi connectivity index (χ1v) is 8.06. The second kappa shape index (κ2) is 12.6. The number of hydrogen-bond acceptors (Lipinski definition) is 4. The van der Waals surface area contributed by atoms with E-state index >= 15 is 0 Å². The minimum absolute atomic E-state index is 0.202. The highest BCUT2D eigenvalue weighted by Gasteiger charge is 2.39. The summed E-state index contributed by atoms with van der Waals surface area (Å²) in [6.45, 7) is 6.15. The van der Waals surface area contributed by atoms with Crippen molar-refractivity contribution < 1.29 is 14.2 Å². The second-order valence-corrected chi connectivity index (χ2v) is 5.28. The first-order valence-electron chi connectivity index (χ1n) is 8.06. The summed E-state index contributed by atoms with van der Waals surface area (Å²) in [6, 6.07) is 0. The van der Waals surface area contributed by atoms with Crippen LogP contribution in [0.1, 0.15) is 58.8 Å². The predicted molar refractivity (Wildman–Crippen MR) is 83.8 cm³/mol. The number of methoxy groups -OCH3 is 3. The highest BCUT2D eigenvalue weighted by Crippen LogP contribution is 2.28. The molecule has 1 unspecified atom stereocenters. The number of rotatable bonds is 14. The molecule has 0 heterocycles. The fourth-order valence-electron chi connectivity index (χ4n) is 2.64. The quantitative estimate of drug-likeness (QED) is 0.392. The van der Waals surface area contributed by atoms with Gasteiger partial charge >= 0.3 is 0 Å². The summed E-state index contributed by atoms with van der Waals surface area (Å²) in [4.78, 5) is 0. The molecule has 0 saturated carbocycles. The molecule has 0 aromatic heterocycles. The number of ether oxygens (including phenoxy) is 3. The van der Waals surface area contributed by atoms with E-state index in [1.54, 1.807) is 21.3 Å². The van der Waals surface area contributed by atoms with Crippen LogP contribution in [0.25, 0.3) is 0 Å². The Morgan fingerprint density at radius 1 is 0.850 bits per heavy atom. The van der Waals surface area contributed by atoms with E-state index in [1.807, 2.05) is 0 Å². The molecule has 0 aliphatic carbocycles. The second-order valence-electron chi connectivity index (χ2n) is 5.28. The molecule has 0 aromatic carbocycles. The predicted octanol–water partition coefficient (Wildman–Crippen LogP) is 3.56.